The minimum atomic E-state index is -0.272. The van der Waals surface area contributed by atoms with E-state index in [0.717, 1.165) is 11.1 Å². The summed E-state index contributed by atoms with van der Waals surface area (Å²) in [6.45, 7) is 5.81. The molecule has 14 heavy (non-hydrogen) atoms. The van der Waals surface area contributed by atoms with Crippen molar-refractivity contribution in [2.75, 3.05) is 6.61 Å². The molecule has 1 aromatic heterocycles. The first kappa shape index (κ1) is 10.6. The third kappa shape index (κ3) is 2.25. The number of carbonyl (C=O) groups excluding carboxylic acids is 1. The van der Waals surface area contributed by atoms with E-state index in [1.54, 1.807) is 26.4 Å². The molecule has 0 saturated carbocycles. The van der Waals surface area contributed by atoms with Crippen LogP contribution in [-0.4, -0.2) is 12.6 Å². The van der Waals surface area contributed by atoms with E-state index >= 15 is 0 Å². The summed E-state index contributed by atoms with van der Waals surface area (Å²) in [5.41, 5.74) is 2.42. The SMILES string of the molecule is CCOC(=O)/C(C)=C(/C)c1ccoc1. The van der Waals surface area contributed by atoms with Gasteiger partial charge in [-0.25, -0.2) is 4.79 Å². The highest BCUT2D eigenvalue weighted by molar-refractivity contribution is 5.96. The zero-order valence-electron chi connectivity index (χ0n) is 8.66. The van der Waals surface area contributed by atoms with Crippen LogP contribution in [0.1, 0.15) is 26.3 Å². The van der Waals surface area contributed by atoms with E-state index in [1.807, 2.05) is 13.0 Å². The monoisotopic (exact) mass is 194 g/mol. The van der Waals surface area contributed by atoms with Gasteiger partial charge in [-0.15, -0.1) is 0 Å². The number of esters is 1. The molecule has 0 aromatic carbocycles. The highest BCUT2D eigenvalue weighted by atomic mass is 16.5. The van der Waals surface area contributed by atoms with Gasteiger partial charge >= 0.3 is 5.97 Å². The number of hydrogen-bond acceptors (Lipinski definition) is 3. The Morgan fingerprint density at radius 1 is 1.50 bits per heavy atom. The van der Waals surface area contributed by atoms with Gasteiger partial charge in [0.1, 0.15) is 0 Å². The summed E-state index contributed by atoms with van der Waals surface area (Å²) in [4.78, 5) is 11.4. The molecular formula is C11H14O3. The average molecular weight is 194 g/mol. The van der Waals surface area contributed by atoms with Crippen molar-refractivity contribution >= 4 is 11.5 Å². The average Bonchev–Trinajstić information content (AvgIpc) is 2.68. The Labute approximate surface area is 83.4 Å². The van der Waals surface area contributed by atoms with Crippen molar-refractivity contribution in [1.82, 2.24) is 0 Å². The molecule has 0 unspecified atom stereocenters. The van der Waals surface area contributed by atoms with Gasteiger partial charge < -0.3 is 9.15 Å². The molecule has 0 aliphatic rings. The number of allylic oxidation sites excluding steroid dienone is 1. The molecule has 0 atom stereocenters. The van der Waals surface area contributed by atoms with Gasteiger partial charge in [0.2, 0.25) is 0 Å². The molecule has 0 saturated heterocycles. The standard InChI is InChI=1S/C11H14O3/c1-4-14-11(12)9(3)8(2)10-5-6-13-7-10/h5-7H,4H2,1-3H3/b9-8-. The summed E-state index contributed by atoms with van der Waals surface area (Å²) >= 11 is 0. The predicted octanol–water partition coefficient (Wildman–Crippen LogP) is 2.64. The maximum absolute atomic E-state index is 11.4. The topological polar surface area (TPSA) is 39.4 Å². The molecule has 0 aliphatic carbocycles. The minimum absolute atomic E-state index is 0.272. The first-order chi connectivity index (χ1) is 6.66. The van der Waals surface area contributed by atoms with Crippen LogP contribution in [0.2, 0.25) is 0 Å². The molecule has 0 aliphatic heterocycles. The molecule has 3 heteroatoms. The molecule has 0 N–H and O–H groups in total. The molecule has 1 rings (SSSR count). The Balaban J connectivity index is 2.88. The summed E-state index contributed by atoms with van der Waals surface area (Å²) < 4.78 is 9.83. The van der Waals surface area contributed by atoms with Crippen molar-refractivity contribution in [3.8, 4) is 0 Å². The second-order valence-corrected chi connectivity index (χ2v) is 2.98. The fourth-order valence-electron chi connectivity index (χ4n) is 1.09. The van der Waals surface area contributed by atoms with Crippen LogP contribution < -0.4 is 0 Å². The Morgan fingerprint density at radius 2 is 2.21 bits per heavy atom. The summed E-state index contributed by atoms with van der Waals surface area (Å²) in [6.07, 6.45) is 3.19. The second-order valence-electron chi connectivity index (χ2n) is 2.98. The van der Waals surface area contributed by atoms with Crippen LogP contribution in [0.3, 0.4) is 0 Å². The Bertz CT molecular complexity index is 333. The fourth-order valence-corrected chi connectivity index (χ4v) is 1.09. The van der Waals surface area contributed by atoms with Crippen LogP contribution in [-0.2, 0) is 9.53 Å². The van der Waals surface area contributed by atoms with Crippen molar-refractivity contribution < 1.29 is 13.9 Å². The number of ether oxygens (including phenoxy) is 1. The van der Waals surface area contributed by atoms with Crippen LogP contribution >= 0.6 is 0 Å². The summed E-state index contributed by atoms with van der Waals surface area (Å²) in [7, 11) is 0. The van der Waals surface area contributed by atoms with Crippen LogP contribution in [0, 0.1) is 0 Å². The molecule has 1 aromatic rings. The smallest absolute Gasteiger partial charge is 0.333 e. The number of carbonyl (C=O) groups is 1. The van der Waals surface area contributed by atoms with Crippen molar-refractivity contribution in [3.63, 3.8) is 0 Å². The van der Waals surface area contributed by atoms with Crippen LogP contribution in [0.15, 0.2) is 28.6 Å². The molecular weight excluding hydrogens is 180 g/mol. The summed E-state index contributed by atoms with van der Waals surface area (Å²) in [5.74, 6) is -0.272. The highest BCUT2D eigenvalue weighted by Gasteiger charge is 2.10. The first-order valence-electron chi connectivity index (χ1n) is 4.54. The van der Waals surface area contributed by atoms with Crippen molar-refractivity contribution in [1.29, 1.82) is 0 Å². The zero-order valence-corrected chi connectivity index (χ0v) is 8.66. The lowest BCUT2D eigenvalue weighted by molar-refractivity contribution is -0.138. The maximum Gasteiger partial charge on any atom is 0.333 e. The van der Waals surface area contributed by atoms with Crippen LogP contribution in [0.5, 0.6) is 0 Å². The molecule has 0 radical (unpaired) electrons. The molecule has 1 heterocycles. The minimum Gasteiger partial charge on any atom is -0.472 e. The third-order valence-corrected chi connectivity index (χ3v) is 2.10. The van der Waals surface area contributed by atoms with Crippen molar-refractivity contribution in [2.24, 2.45) is 0 Å². The quantitative estimate of drug-likeness (QED) is 0.548. The molecule has 0 amide bonds. The Kier molecular flexibility index (Phi) is 3.51. The zero-order chi connectivity index (χ0) is 10.6. The number of furan rings is 1. The third-order valence-electron chi connectivity index (χ3n) is 2.10. The van der Waals surface area contributed by atoms with Crippen molar-refractivity contribution in [3.05, 3.63) is 29.7 Å². The van der Waals surface area contributed by atoms with Gasteiger partial charge in [0.15, 0.2) is 0 Å². The van der Waals surface area contributed by atoms with Crippen LogP contribution in [0.25, 0.3) is 5.57 Å². The van der Waals surface area contributed by atoms with E-state index < -0.39 is 0 Å². The first-order valence-corrected chi connectivity index (χ1v) is 4.54. The van der Waals surface area contributed by atoms with Gasteiger partial charge in [0.05, 0.1) is 19.1 Å². The molecule has 0 fully saturated rings. The number of hydrogen-bond donors (Lipinski definition) is 0. The lowest BCUT2D eigenvalue weighted by Gasteiger charge is -2.04. The van der Waals surface area contributed by atoms with E-state index in [1.165, 1.54) is 0 Å². The van der Waals surface area contributed by atoms with Gasteiger partial charge in [-0.3, -0.25) is 0 Å². The van der Waals surface area contributed by atoms with E-state index in [2.05, 4.69) is 0 Å². The van der Waals surface area contributed by atoms with Crippen molar-refractivity contribution in [2.45, 2.75) is 20.8 Å². The molecule has 76 valence electrons. The van der Waals surface area contributed by atoms with E-state index in [9.17, 15) is 4.79 Å². The Hall–Kier alpha value is -1.51. The highest BCUT2D eigenvalue weighted by Crippen LogP contribution is 2.18. The van der Waals surface area contributed by atoms with Gasteiger partial charge in [0, 0.05) is 11.1 Å². The molecule has 0 bridgehead atoms. The van der Waals surface area contributed by atoms with Gasteiger partial charge in [-0.2, -0.15) is 0 Å². The lowest BCUT2D eigenvalue weighted by atomic mass is 10.1. The van der Waals surface area contributed by atoms with E-state index in [4.69, 9.17) is 9.15 Å². The normalized spacial score (nSPS) is 12.2. The van der Waals surface area contributed by atoms with E-state index in [0.29, 0.717) is 12.2 Å². The maximum atomic E-state index is 11.4. The summed E-state index contributed by atoms with van der Waals surface area (Å²) in [5, 5.41) is 0. The van der Waals surface area contributed by atoms with Gasteiger partial charge in [-0.1, -0.05) is 0 Å². The second kappa shape index (κ2) is 4.65. The van der Waals surface area contributed by atoms with Gasteiger partial charge in [0.25, 0.3) is 0 Å². The van der Waals surface area contributed by atoms with E-state index in [-0.39, 0.29) is 5.97 Å². The largest absolute Gasteiger partial charge is 0.472 e. The number of rotatable bonds is 3. The lowest BCUT2D eigenvalue weighted by Crippen LogP contribution is -2.06. The Morgan fingerprint density at radius 3 is 2.71 bits per heavy atom. The van der Waals surface area contributed by atoms with Crippen LogP contribution in [0.4, 0.5) is 0 Å². The summed E-state index contributed by atoms with van der Waals surface area (Å²) in [6, 6.07) is 1.82. The fraction of sp³-hybridized carbons (Fsp3) is 0.364. The molecule has 3 nitrogen and oxygen atoms in total. The molecule has 0 spiro atoms. The van der Waals surface area contributed by atoms with Gasteiger partial charge in [-0.05, 0) is 32.4 Å². The predicted molar refractivity (Wildman–Crippen MR) is 53.6 cm³/mol.